The Kier molecular flexibility index (Phi) is 6.85. The maximum Gasteiger partial charge on any atom is 0.253 e. The van der Waals surface area contributed by atoms with Crippen molar-refractivity contribution in [3.8, 4) is 0 Å². The molecule has 6 nitrogen and oxygen atoms in total. The highest BCUT2D eigenvalue weighted by Crippen LogP contribution is 2.22. The Balaban J connectivity index is 0.00000225. The van der Waals surface area contributed by atoms with Gasteiger partial charge >= 0.3 is 0 Å². The average Bonchev–Trinajstić information content (AvgIpc) is 2.62. The number of benzene rings is 1. The van der Waals surface area contributed by atoms with Crippen molar-refractivity contribution in [2.45, 2.75) is 18.4 Å². The van der Waals surface area contributed by atoms with Gasteiger partial charge in [0.15, 0.2) is 0 Å². The Morgan fingerprint density at radius 3 is 2.08 bits per heavy atom. The largest absolute Gasteiger partial charge is 0.381 e. The third-order valence-electron chi connectivity index (χ3n) is 4.76. The maximum absolute atomic E-state index is 12.7. The van der Waals surface area contributed by atoms with E-state index >= 15 is 0 Å². The highest BCUT2D eigenvalue weighted by molar-refractivity contribution is 9.10. The number of carbonyl (C=O) groups excluding carboxylic acids is 2. The van der Waals surface area contributed by atoms with Crippen LogP contribution in [0.3, 0.4) is 0 Å². The number of amides is 2. The first-order chi connectivity index (χ1) is 11.5. The minimum absolute atomic E-state index is 0. The summed E-state index contributed by atoms with van der Waals surface area (Å²) in [5, 5.41) is 0. The zero-order valence-electron chi connectivity index (χ0n) is 13.9. The first-order valence-corrected chi connectivity index (χ1v) is 9.00. The monoisotopic (exact) mass is 431 g/mol. The number of carbonyl (C=O) groups is 2. The maximum atomic E-state index is 12.7. The number of nitrogens with two attached hydrogens (primary N) is 1. The van der Waals surface area contributed by atoms with Gasteiger partial charge in [-0.05, 0) is 37.1 Å². The van der Waals surface area contributed by atoms with Crippen molar-refractivity contribution in [1.82, 2.24) is 9.80 Å². The quantitative estimate of drug-likeness (QED) is 0.771. The van der Waals surface area contributed by atoms with Crippen molar-refractivity contribution < 1.29 is 14.3 Å². The first kappa shape index (κ1) is 20.2. The summed E-state index contributed by atoms with van der Waals surface area (Å²) in [7, 11) is 0. The van der Waals surface area contributed by atoms with Crippen LogP contribution in [-0.4, -0.2) is 66.5 Å². The summed E-state index contributed by atoms with van der Waals surface area (Å²) in [5.74, 6) is -0.00957. The fraction of sp³-hybridized carbons (Fsp3) is 0.529. The smallest absolute Gasteiger partial charge is 0.253 e. The van der Waals surface area contributed by atoms with E-state index in [0.29, 0.717) is 57.8 Å². The van der Waals surface area contributed by atoms with Gasteiger partial charge < -0.3 is 20.3 Å². The summed E-state index contributed by atoms with van der Waals surface area (Å²) in [6.45, 7) is 3.19. The molecular formula is C17H23BrClN3O3. The molecule has 138 valence electrons. The highest BCUT2D eigenvalue weighted by atomic mass is 79.9. The normalized spacial score (nSPS) is 19.9. The molecule has 2 saturated heterocycles. The number of halogens is 2. The molecule has 0 unspecified atom stereocenters. The predicted octanol–water partition coefficient (Wildman–Crippen LogP) is 1.66. The lowest BCUT2D eigenvalue weighted by molar-refractivity contribution is -0.142. The second-order valence-corrected chi connectivity index (χ2v) is 7.28. The predicted molar refractivity (Wildman–Crippen MR) is 101 cm³/mol. The van der Waals surface area contributed by atoms with Crippen molar-refractivity contribution in [2.24, 2.45) is 5.73 Å². The van der Waals surface area contributed by atoms with Crippen LogP contribution in [0.15, 0.2) is 28.7 Å². The van der Waals surface area contributed by atoms with Crippen LogP contribution in [0, 0.1) is 0 Å². The van der Waals surface area contributed by atoms with Gasteiger partial charge in [0.05, 0.1) is 5.54 Å². The molecule has 0 radical (unpaired) electrons. The van der Waals surface area contributed by atoms with E-state index in [1.165, 1.54) is 0 Å². The SMILES string of the molecule is Cl.NC1(C(=O)N2CCN(C(=O)c3ccc(Br)cc3)CC2)CCOCC1. The van der Waals surface area contributed by atoms with Crippen LogP contribution in [-0.2, 0) is 9.53 Å². The molecule has 0 aromatic heterocycles. The van der Waals surface area contributed by atoms with Gasteiger partial charge in [-0.2, -0.15) is 0 Å². The van der Waals surface area contributed by atoms with Crippen LogP contribution in [0.1, 0.15) is 23.2 Å². The lowest BCUT2D eigenvalue weighted by Gasteiger charge is -2.40. The van der Waals surface area contributed by atoms with Gasteiger partial charge in [-0.15, -0.1) is 12.4 Å². The molecule has 1 aromatic carbocycles. The van der Waals surface area contributed by atoms with Gasteiger partial charge in [-0.3, -0.25) is 9.59 Å². The van der Waals surface area contributed by atoms with E-state index < -0.39 is 5.54 Å². The fourth-order valence-electron chi connectivity index (χ4n) is 3.15. The topological polar surface area (TPSA) is 75.9 Å². The minimum atomic E-state index is -0.809. The number of hydrogen-bond acceptors (Lipinski definition) is 4. The third-order valence-corrected chi connectivity index (χ3v) is 5.28. The van der Waals surface area contributed by atoms with Crippen LogP contribution < -0.4 is 5.73 Å². The molecule has 0 saturated carbocycles. The molecule has 3 rings (SSSR count). The summed E-state index contributed by atoms with van der Waals surface area (Å²) in [4.78, 5) is 28.8. The molecule has 1 aromatic rings. The van der Waals surface area contributed by atoms with Gasteiger partial charge in [0.1, 0.15) is 0 Å². The van der Waals surface area contributed by atoms with Gasteiger partial charge in [-0.25, -0.2) is 0 Å². The second-order valence-electron chi connectivity index (χ2n) is 6.36. The zero-order valence-corrected chi connectivity index (χ0v) is 16.4. The molecule has 0 aliphatic carbocycles. The van der Waals surface area contributed by atoms with Crippen LogP contribution >= 0.6 is 28.3 Å². The van der Waals surface area contributed by atoms with Crippen molar-refractivity contribution in [2.75, 3.05) is 39.4 Å². The van der Waals surface area contributed by atoms with Gasteiger partial charge in [-0.1, -0.05) is 15.9 Å². The summed E-state index contributed by atoms with van der Waals surface area (Å²) in [6.07, 6.45) is 1.12. The van der Waals surface area contributed by atoms with Crippen molar-refractivity contribution in [1.29, 1.82) is 0 Å². The molecule has 2 amide bonds. The average molecular weight is 433 g/mol. The molecule has 8 heteroatoms. The van der Waals surface area contributed by atoms with E-state index in [1.54, 1.807) is 21.9 Å². The summed E-state index contributed by atoms with van der Waals surface area (Å²) in [5.41, 5.74) is 6.13. The Morgan fingerprint density at radius 2 is 1.52 bits per heavy atom. The molecule has 2 fully saturated rings. The second kappa shape index (κ2) is 8.49. The summed E-state index contributed by atoms with van der Waals surface area (Å²) in [6, 6.07) is 7.33. The fourth-order valence-corrected chi connectivity index (χ4v) is 3.42. The van der Waals surface area contributed by atoms with Gasteiger partial charge in [0.25, 0.3) is 5.91 Å². The van der Waals surface area contributed by atoms with Gasteiger partial charge in [0, 0.05) is 49.4 Å². The number of ether oxygens (including phenoxy) is 1. The van der Waals surface area contributed by atoms with Crippen LogP contribution in [0.25, 0.3) is 0 Å². The van der Waals surface area contributed by atoms with E-state index in [0.717, 1.165) is 4.47 Å². The third kappa shape index (κ3) is 4.53. The molecule has 2 heterocycles. The molecule has 2 aliphatic heterocycles. The van der Waals surface area contributed by atoms with Crippen molar-refractivity contribution >= 4 is 40.2 Å². The molecule has 0 bridgehead atoms. The Labute approximate surface area is 162 Å². The Hall–Kier alpha value is -1.15. The Morgan fingerprint density at radius 1 is 1.00 bits per heavy atom. The van der Waals surface area contributed by atoms with E-state index in [4.69, 9.17) is 10.5 Å². The number of nitrogens with zero attached hydrogens (tertiary/aromatic N) is 2. The molecule has 25 heavy (non-hydrogen) atoms. The van der Waals surface area contributed by atoms with E-state index in [9.17, 15) is 9.59 Å². The zero-order chi connectivity index (χ0) is 17.2. The first-order valence-electron chi connectivity index (χ1n) is 8.20. The molecule has 0 spiro atoms. The van der Waals surface area contributed by atoms with Gasteiger partial charge in [0.2, 0.25) is 5.91 Å². The molecule has 2 N–H and O–H groups in total. The van der Waals surface area contributed by atoms with E-state index in [1.807, 2.05) is 12.1 Å². The van der Waals surface area contributed by atoms with E-state index in [-0.39, 0.29) is 24.2 Å². The van der Waals surface area contributed by atoms with Crippen LogP contribution in [0.2, 0.25) is 0 Å². The number of piperazine rings is 1. The van der Waals surface area contributed by atoms with Crippen LogP contribution in [0.4, 0.5) is 0 Å². The lowest BCUT2D eigenvalue weighted by Crippen LogP contribution is -2.61. The molecule has 0 atom stereocenters. The van der Waals surface area contributed by atoms with Crippen LogP contribution in [0.5, 0.6) is 0 Å². The number of hydrogen-bond donors (Lipinski definition) is 1. The molecule has 2 aliphatic rings. The minimum Gasteiger partial charge on any atom is -0.381 e. The van der Waals surface area contributed by atoms with E-state index in [2.05, 4.69) is 15.9 Å². The lowest BCUT2D eigenvalue weighted by atomic mass is 9.89. The standard InChI is InChI=1S/C17H22BrN3O3.ClH/c18-14-3-1-13(2-4-14)15(22)20-7-9-21(10-8-20)16(23)17(19)5-11-24-12-6-17;/h1-4H,5-12,19H2;1H. The highest BCUT2D eigenvalue weighted by Gasteiger charge is 2.40. The molecular weight excluding hydrogens is 410 g/mol. The van der Waals surface area contributed by atoms with Crippen molar-refractivity contribution in [3.63, 3.8) is 0 Å². The van der Waals surface area contributed by atoms with Crippen molar-refractivity contribution in [3.05, 3.63) is 34.3 Å². The number of rotatable bonds is 2. The Bertz CT molecular complexity index is 612. The summed E-state index contributed by atoms with van der Waals surface area (Å²) >= 11 is 3.37. The summed E-state index contributed by atoms with van der Waals surface area (Å²) < 4.78 is 6.25.